The normalized spacial score (nSPS) is 20.8. The predicted molar refractivity (Wildman–Crippen MR) is 122 cm³/mol. The lowest BCUT2D eigenvalue weighted by Gasteiger charge is -2.18. The monoisotopic (exact) mass is 457 g/mol. The van der Waals surface area contributed by atoms with Gasteiger partial charge in [-0.15, -0.1) is 0 Å². The highest BCUT2D eigenvalue weighted by Gasteiger charge is 2.27. The third kappa shape index (κ3) is 12.1. The number of hydrogen-bond donors (Lipinski definition) is 2. The maximum Gasteiger partial charge on any atom is 0.420 e. The van der Waals surface area contributed by atoms with Gasteiger partial charge in [-0.05, 0) is 31.3 Å². The molecule has 4 atom stereocenters. The third-order valence-corrected chi connectivity index (χ3v) is 6.14. The molecule has 2 N–H and O–H groups in total. The first kappa shape index (κ1) is 27.4. The summed E-state index contributed by atoms with van der Waals surface area (Å²) in [6, 6.07) is 0. The molecule has 1 amide bonds. The van der Waals surface area contributed by atoms with Crippen molar-refractivity contribution in [3.05, 3.63) is 24.3 Å². The molecule has 7 nitrogen and oxygen atoms in total. The van der Waals surface area contributed by atoms with Crippen molar-refractivity contribution >= 4 is 21.9 Å². The minimum absolute atomic E-state index is 0.0441. The number of ketones is 1. The Labute approximate surface area is 187 Å². The molecule has 0 spiro atoms. The molecule has 8 heteroatoms. The summed E-state index contributed by atoms with van der Waals surface area (Å²) in [5.41, 5.74) is 0. The molecule has 0 aliphatic heterocycles. The number of hydrogen-bond acceptors (Lipinski definition) is 6. The summed E-state index contributed by atoms with van der Waals surface area (Å²) < 4.78 is 28.3. The zero-order valence-electron chi connectivity index (χ0n) is 19.1. The van der Waals surface area contributed by atoms with Crippen molar-refractivity contribution in [2.75, 3.05) is 12.9 Å². The predicted octanol–water partition coefficient (Wildman–Crippen LogP) is 4.13. The van der Waals surface area contributed by atoms with E-state index in [2.05, 4.69) is 13.8 Å². The Morgan fingerprint density at radius 3 is 2.58 bits per heavy atom. The van der Waals surface area contributed by atoms with E-state index in [4.69, 9.17) is 4.74 Å². The first-order chi connectivity index (χ1) is 14.6. The number of aliphatic hydroxyl groups excluding tert-OH is 1. The summed E-state index contributed by atoms with van der Waals surface area (Å²) >= 11 is 0. The van der Waals surface area contributed by atoms with E-state index >= 15 is 0 Å². The van der Waals surface area contributed by atoms with Crippen LogP contribution in [0.25, 0.3) is 0 Å². The largest absolute Gasteiger partial charge is 0.449 e. The number of aliphatic hydroxyl groups is 1. The zero-order chi connectivity index (χ0) is 23.3. The fourth-order valence-corrected chi connectivity index (χ4v) is 4.02. The molecule has 1 aliphatic carbocycles. The second-order valence-corrected chi connectivity index (χ2v) is 10.3. The van der Waals surface area contributed by atoms with Gasteiger partial charge < -0.3 is 9.84 Å². The van der Waals surface area contributed by atoms with Gasteiger partial charge in [0, 0.05) is 11.8 Å². The molecule has 0 fully saturated rings. The first-order valence-electron chi connectivity index (χ1n) is 11.4. The number of amides is 1. The molecule has 0 saturated heterocycles. The molecule has 178 valence electrons. The van der Waals surface area contributed by atoms with Gasteiger partial charge in [0.1, 0.15) is 0 Å². The molecule has 0 radical (unpaired) electrons. The lowest BCUT2D eigenvalue weighted by Crippen LogP contribution is -2.30. The maximum absolute atomic E-state index is 12.2. The van der Waals surface area contributed by atoms with Crippen LogP contribution in [0.5, 0.6) is 0 Å². The minimum Gasteiger partial charge on any atom is -0.449 e. The van der Waals surface area contributed by atoms with Gasteiger partial charge in [0.25, 0.3) is 0 Å². The van der Waals surface area contributed by atoms with Crippen LogP contribution in [0.3, 0.4) is 0 Å². The Morgan fingerprint density at radius 1 is 1.23 bits per heavy atom. The lowest BCUT2D eigenvalue weighted by atomic mass is 9.88. The summed E-state index contributed by atoms with van der Waals surface area (Å²) in [5.74, 6) is 0.394. The summed E-state index contributed by atoms with van der Waals surface area (Å²) in [7, 11) is -3.59. The van der Waals surface area contributed by atoms with Crippen molar-refractivity contribution in [3.8, 4) is 0 Å². The van der Waals surface area contributed by atoms with E-state index in [1.807, 2.05) is 18.2 Å². The number of rotatable bonds is 15. The zero-order valence-corrected chi connectivity index (χ0v) is 19.9. The van der Waals surface area contributed by atoms with Gasteiger partial charge in [0.05, 0.1) is 19.0 Å². The number of unbranched alkanes of at least 4 members (excludes halogenated alkanes) is 5. The fourth-order valence-electron chi connectivity index (χ4n) is 3.66. The smallest absolute Gasteiger partial charge is 0.420 e. The first-order valence-corrected chi connectivity index (χ1v) is 13.3. The van der Waals surface area contributed by atoms with Crippen LogP contribution < -0.4 is 4.72 Å². The van der Waals surface area contributed by atoms with E-state index in [1.54, 1.807) is 10.8 Å². The van der Waals surface area contributed by atoms with E-state index in [0.717, 1.165) is 57.6 Å². The van der Waals surface area contributed by atoms with Crippen molar-refractivity contribution in [2.45, 2.75) is 77.7 Å². The van der Waals surface area contributed by atoms with Crippen LogP contribution in [0.4, 0.5) is 4.79 Å². The van der Waals surface area contributed by atoms with Gasteiger partial charge in [-0.25, -0.2) is 17.9 Å². The number of carbonyl (C=O) groups is 2. The van der Waals surface area contributed by atoms with E-state index < -0.39 is 22.2 Å². The van der Waals surface area contributed by atoms with E-state index in [9.17, 15) is 23.1 Å². The summed E-state index contributed by atoms with van der Waals surface area (Å²) in [6.45, 7) is 4.38. The average Bonchev–Trinajstić information content (AvgIpc) is 3.04. The van der Waals surface area contributed by atoms with Gasteiger partial charge in [-0.3, -0.25) is 4.79 Å². The Kier molecular flexibility index (Phi) is 12.7. The molecule has 0 saturated carbocycles. The number of sulfonamides is 1. The van der Waals surface area contributed by atoms with Crippen LogP contribution >= 0.6 is 0 Å². The van der Waals surface area contributed by atoms with Crippen molar-refractivity contribution in [1.82, 2.24) is 4.72 Å². The summed E-state index contributed by atoms with van der Waals surface area (Å²) in [6.07, 6.45) is 15.4. The van der Waals surface area contributed by atoms with E-state index in [1.165, 1.54) is 0 Å². The summed E-state index contributed by atoms with van der Waals surface area (Å²) in [5, 5.41) is 10.3. The van der Waals surface area contributed by atoms with Crippen LogP contribution in [-0.2, 0) is 19.6 Å². The fraction of sp³-hybridized carbons (Fsp3) is 0.739. The Hall–Kier alpha value is -1.67. The Bertz CT molecular complexity index is 716. The molecule has 31 heavy (non-hydrogen) atoms. The van der Waals surface area contributed by atoms with Crippen LogP contribution in [0.1, 0.15) is 71.6 Å². The van der Waals surface area contributed by atoms with Gasteiger partial charge in [0.15, 0.2) is 5.78 Å². The Balaban J connectivity index is 2.23. The summed E-state index contributed by atoms with van der Waals surface area (Å²) in [4.78, 5) is 23.4. The molecule has 0 aromatic heterocycles. The number of ether oxygens (including phenoxy) is 1. The average molecular weight is 458 g/mol. The van der Waals surface area contributed by atoms with Crippen LogP contribution in [0.15, 0.2) is 24.3 Å². The maximum atomic E-state index is 12.2. The van der Waals surface area contributed by atoms with Gasteiger partial charge in [0.2, 0.25) is 10.0 Å². The minimum atomic E-state index is -3.59. The molecule has 0 aromatic rings. The quantitative estimate of drug-likeness (QED) is 0.283. The molecular weight excluding hydrogens is 418 g/mol. The van der Waals surface area contributed by atoms with Crippen LogP contribution in [0.2, 0.25) is 0 Å². The highest BCUT2D eigenvalue weighted by molar-refractivity contribution is 7.89. The number of carbonyl (C=O) groups excluding carboxylic acids is 2. The van der Waals surface area contributed by atoms with Crippen molar-refractivity contribution in [2.24, 2.45) is 17.8 Å². The van der Waals surface area contributed by atoms with Gasteiger partial charge in [-0.1, -0.05) is 70.6 Å². The number of nitrogens with one attached hydrogen (secondary N) is 1. The highest BCUT2D eigenvalue weighted by Crippen LogP contribution is 2.29. The standard InChI is InChI=1S/C23H39NO6S/c1-4-5-11-18(2)21(25)15-13-19-14-16-22(26)20(19)12-9-7-6-8-10-17-30-23(27)24-31(3,28)29/h13-16,18-21,25H,4-12,17H2,1-3H3,(H,24,27)/b15-13+/t18?,19-,20+,21+/m0/s1. The van der Waals surface area contributed by atoms with E-state index in [-0.39, 0.29) is 30.1 Å². The molecular formula is C23H39NO6S. The molecule has 1 aliphatic rings. The SMILES string of the molecule is CCCCC(C)[C@H](O)/C=C/[C@H]1C=CC(=O)[C@@H]1CCCCCCCOC(=O)NS(C)(=O)=O. The van der Waals surface area contributed by atoms with Crippen molar-refractivity contribution in [1.29, 1.82) is 0 Å². The topological polar surface area (TPSA) is 110 Å². The van der Waals surface area contributed by atoms with Crippen LogP contribution in [-0.4, -0.2) is 44.4 Å². The van der Waals surface area contributed by atoms with Gasteiger partial charge >= 0.3 is 6.09 Å². The molecule has 0 heterocycles. The second-order valence-electron chi connectivity index (χ2n) is 8.51. The molecule has 1 unspecified atom stereocenters. The molecule has 0 bridgehead atoms. The highest BCUT2D eigenvalue weighted by atomic mass is 32.2. The third-order valence-electron chi connectivity index (χ3n) is 5.60. The molecule has 0 aromatic carbocycles. The van der Waals surface area contributed by atoms with Crippen LogP contribution in [0, 0.1) is 17.8 Å². The number of allylic oxidation sites excluding steroid dienone is 3. The Morgan fingerprint density at radius 2 is 1.90 bits per heavy atom. The van der Waals surface area contributed by atoms with Crippen molar-refractivity contribution in [3.63, 3.8) is 0 Å². The second kappa shape index (κ2) is 14.4. The van der Waals surface area contributed by atoms with Crippen molar-refractivity contribution < 1.29 is 27.9 Å². The van der Waals surface area contributed by atoms with Gasteiger partial charge in [-0.2, -0.15) is 0 Å². The molecule has 1 rings (SSSR count). The lowest BCUT2D eigenvalue weighted by molar-refractivity contribution is -0.118. The van der Waals surface area contributed by atoms with E-state index in [0.29, 0.717) is 6.42 Å².